The molecule has 2 aromatic rings. The first kappa shape index (κ1) is 21.9. The Labute approximate surface area is 170 Å². The van der Waals surface area contributed by atoms with Gasteiger partial charge >= 0.3 is 0 Å². The minimum absolute atomic E-state index is 0.0504. The highest BCUT2D eigenvalue weighted by molar-refractivity contribution is 5.96. The first-order valence-corrected chi connectivity index (χ1v) is 9.44. The lowest BCUT2D eigenvalue weighted by Gasteiger charge is -2.11. The second kappa shape index (κ2) is 10.8. The molecule has 0 atom stereocenters. The fraction of sp³-hybridized carbons (Fsp3) is 0.318. The minimum atomic E-state index is -0.144. The summed E-state index contributed by atoms with van der Waals surface area (Å²) in [6, 6.07) is 11.7. The number of amides is 2. The molecule has 0 saturated carbocycles. The third-order valence-electron chi connectivity index (χ3n) is 4.14. The first-order valence-electron chi connectivity index (χ1n) is 9.44. The van der Waals surface area contributed by atoms with Gasteiger partial charge in [0.2, 0.25) is 5.91 Å². The van der Waals surface area contributed by atoms with Crippen LogP contribution < -0.4 is 20.1 Å². The second-order valence-corrected chi connectivity index (χ2v) is 6.36. The Balaban J connectivity index is 1.79. The summed E-state index contributed by atoms with van der Waals surface area (Å²) in [5.74, 6) is 0.672. The van der Waals surface area contributed by atoms with Crippen molar-refractivity contribution in [1.82, 2.24) is 5.32 Å². The second-order valence-electron chi connectivity index (χ2n) is 6.36. The van der Waals surface area contributed by atoms with E-state index in [1.807, 2.05) is 6.92 Å². The zero-order chi connectivity index (χ0) is 21.2. The molecule has 7 heteroatoms. The van der Waals surface area contributed by atoms with Crippen molar-refractivity contribution in [3.8, 4) is 11.5 Å². The molecular formula is C22H26N2O5. The van der Waals surface area contributed by atoms with Gasteiger partial charge in [0.25, 0.3) is 5.91 Å². The summed E-state index contributed by atoms with van der Waals surface area (Å²) in [4.78, 5) is 35.2. The van der Waals surface area contributed by atoms with Crippen LogP contribution in [0.25, 0.3) is 0 Å². The molecule has 0 radical (unpaired) electrons. The molecular weight excluding hydrogens is 372 g/mol. The molecule has 0 fully saturated rings. The molecule has 0 saturated heterocycles. The Kier molecular flexibility index (Phi) is 8.21. The number of Topliss-reactive ketones (excluding diaryl/α,β-unsaturated/α-hetero) is 1. The van der Waals surface area contributed by atoms with E-state index in [1.54, 1.807) is 42.5 Å². The number of ether oxygens (including phenoxy) is 2. The lowest BCUT2D eigenvalue weighted by Crippen LogP contribution is -2.22. The molecule has 0 spiro atoms. The molecule has 0 heterocycles. The molecule has 0 aromatic heterocycles. The van der Waals surface area contributed by atoms with Crippen LogP contribution in [0.1, 0.15) is 47.4 Å². The molecule has 2 amide bonds. The van der Waals surface area contributed by atoms with Gasteiger partial charge in [-0.05, 0) is 62.7 Å². The van der Waals surface area contributed by atoms with E-state index in [4.69, 9.17) is 9.47 Å². The van der Waals surface area contributed by atoms with E-state index in [1.165, 1.54) is 14.0 Å². The smallest absolute Gasteiger partial charge is 0.251 e. The Bertz CT molecular complexity index is 862. The van der Waals surface area contributed by atoms with Gasteiger partial charge in [-0.3, -0.25) is 14.4 Å². The number of ketones is 1. The van der Waals surface area contributed by atoms with Crippen molar-refractivity contribution in [1.29, 1.82) is 0 Å². The quantitative estimate of drug-likeness (QED) is 0.472. The third kappa shape index (κ3) is 6.64. The van der Waals surface area contributed by atoms with Gasteiger partial charge in [-0.15, -0.1) is 0 Å². The van der Waals surface area contributed by atoms with Crippen LogP contribution in [-0.2, 0) is 4.79 Å². The SMILES string of the molecule is CCNC(=O)c1ccc(NC(=O)CCCOc2ccc(C(C)=O)cc2OC)cc1. The van der Waals surface area contributed by atoms with Crippen LogP contribution in [0.3, 0.4) is 0 Å². The van der Waals surface area contributed by atoms with E-state index in [2.05, 4.69) is 10.6 Å². The summed E-state index contributed by atoms with van der Waals surface area (Å²) in [5, 5.41) is 5.51. The standard InChI is InChI=1S/C22H26N2O5/c1-4-23-22(27)16-7-10-18(11-8-16)24-21(26)6-5-13-29-19-12-9-17(15(2)25)14-20(19)28-3/h7-12,14H,4-6,13H2,1-3H3,(H,23,27)(H,24,26). The van der Waals surface area contributed by atoms with E-state index < -0.39 is 0 Å². The summed E-state index contributed by atoms with van der Waals surface area (Å²) in [6.45, 7) is 4.24. The van der Waals surface area contributed by atoms with E-state index in [0.717, 1.165) is 0 Å². The van der Waals surface area contributed by atoms with Gasteiger partial charge in [-0.2, -0.15) is 0 Å². The Morgan fingerprint density at radius 3 is 2.28 bits per heavy atom. The predicted octanol–water partition coefficient (Wildman–Crippen LogP) is 3.45. The fourth-order valence-corrected chi connectivity index (χ4v) is 2.61. The van der Waals surface area contributed by atoms with Crippen molar-refractivity contribution in [3.63, 3.8) is 0 Å². The molecule has 2 aromatic carbocycles. The van der Waals surface area contributed by atoms with Crippen molar-refractivity contribution >= 4 is 23.3 Å². The normalized spacial score (nSPS) is 10.2. The fourth-order valence-electron chi connectivity index (χ4n) is 2.61. The van der Waals surface area contributed by atoms with Gasteiger partial charge in [0.05, 0.1) is 13.7 Å². The van der Waals surface area contributed by atoms with Gasteiger partial charge in [0, 0.05) is 29.8 Å². The van der Waals surface area contributed by atoms with Gasteiger partial charge in [0.15, 0.2) is 17.3 Å². The monoisotopic (exact) mass is 398 g/mol. The van der Waals surface area contributed by atoms with E-state index in [0.29, 0.717) is 47.9 Å². The minimum Gasteiger partial charge on any atom is -0.493 e. The van der Waals surface area contributed by atoms with Crippen molar-refractivity contribution in [3.05, 3.63) is 53.6 Å². The number of carbonyl (C=O) groups is 3. The largest absolute Gasteiger partial charge is 0.493 e. The number of hydrogen-bond donors (Lipinski definition) is 2. The maximum Gasteiger partial charge on any atom is 0.251 e. The topological polar surface area (TPSA) is 93.7 Å². The van der Waals surface area contributed by atoms with Crippen LogP contribution >= 0.6 is 0 Å². The molecule has 0 aliphatic carbocycles. The number of hydrogen-bond acceptors (Lipinski definition) is 5. The molecule has 2 rings (SSSR count). The van der Waals surface area contributed by atoms with E-state index in [-0.39, 0.29) is 24.0 Å². The van der Waals surface area contributed by atoms with Crippen LogP contribution in [-0.4, -0.2) is 37.9 Å². The highest BCUT2D eigenvalue weighted by Crippen LogP contribution is 2.28. The Hall–Kier alpha value is -3.35. The predicted molar refractivity (Wildman–Crippen MR) is 111 cm³/mol. The van der Waals surface area contributed by atoms with Crippen molar-refractivity contribution < 1.29 is 23.9 Å². The van der Waals surface area contributed by atoms with Crippen molar-refractivity contribution in [2.45, 2.75) is 26.7 Å². The van der Waals surface area contributed by atoms with Gasteiger partial charge in [-0.1, -0.05) is 0 Å². The van der Waals surface area contributed by atoms with Gasteiger partial charge < -0.3 is 20.1 Å². The molecule has 7 nitrogen and oxygen atoms in total. The van der Waals surface area contributed by atoms with Crippen LogP contribution in [0, 0.1) is 0 Å². The zero-order valence-electron chi connectivity index (χ0n) is 16.9. The van der Waals surface area contributed by atoms with Gasteiger partial charge in [-0.25, -0.2) is 0 Å². The maximum atomic E-state index is 12.1. The molecule has 0 unspecified atom stereocenters. The number of rotatable bonds is 10. The summed E-state index contributed by atoms with van der Waals surface area (Å²) >= 11 is 0. The Morgan fingerprint density at radius 2 is 1.66 bits per heavy atom. The molecule has 0 aliphatic heterocycles. The summed E-state index contributed by atoms with van der Waals surface area (Å²) in [6.07, 6.45) is 0.798. The van der Waals surface area contributed by atoms with Gasteiger partial charge in [0.1, 0.15) is 0 Å². The molecule has 2 N–H and O–H groups in total. The van der Waals surface area contributed by atoms with E-state index >= 15 is 0 Å². The average Bonchev–Trinajstić information content (AvgIpc) is 2.71. The lowest BCUT2D eigenvalue weighted by molar-refractivity contribution is -0.116. The molecule has 0 aliphatic rings. The first-order chi connectivity index (χ1) is 13.9. The number of carbonyl (C=O) groups excluding carboxylic acids is 3. The van der Waals surface area contributed by atoms with Crippen LogP contribution in [0.4, 0.5) is 5.69 Å². The Morgan fingerprint density at radius 1 is 0.966 bits per heavy atom. The molecule has 0 bridgehead atoms. The summed E-state index contributed by atoms with van der Waals surface area (Å²) < 4.78 is 10.9. The number of nitrogens with one attached hydrogen (secondary N) is 2. The van der Waals surface area contributed by atoms with Crippen molar-refractivity contribution in [2.24, 2.45) is 0 Å². The molecule has 29 heavy (non-hydrogen) atoms. The highest BCUT2D eigenvalue weighted by Gasteiger charge is 2.09. The van der Waals surface area contributed by atoms with Crippen molar-refractivity contribution in [2.75, 3.05) is 25.6 Å². The molecule has 154 valence electrons. The average molecular weight is 398 g/mol. The van der Waals surface area contributed by atoms with E-state index in [9.17, 15) is 14.4 Å². The zero-order valence-corrected chi connectivity index (χ0v) is 16.9. The summed E-state index contributed by atoms with van der Waals surface area (Å²) in [5.41, 5.74) is 1.72. The lowest BCUT2D eigenvalue weighted by atomic mass is 10.1. The highest BCUT2D eigenvalue weighted by atomic mass is 16.5. The number of methoxy groups -OCH3 is 1. The van der Waals surface area contributed by atoms with Crippen LogP contribution in [0.2, 0.25) is 0 Å². The maximum absolute atomic E-state index is 12.1. The summed E-state index contributed by atoms with van der Waals surface area (Å²) in [7, 11) is 1.51. The number of anilines is 1. The number of benzene rings is 2. The van der Waals surface area contributed by atoms with Crippen LogP contribution in [0.15, 0.2) is 42.5 Å². The van der Waals surface area contributed by atoms with Crippen LogP contribution in [0.5, 0.6) is 11.5 Å². The third-order valence-corrected chi connectivity index (χ3v) is 4.14.